The molecule has 0 saturated carbocycles. The highest BCUT2D eigenvalue weighted by molar-refractivity contribution is 9.10. The Balaban J connectivity index is 2.11. The molecule has 1 aromatic rings. The summed E-state index contributed by atoms with van der Waals surface area (Å²) >= 11 is 3.57. The molecule has 0 radical (unpaired) electrons. The van der Waals surface area contributed by atoms with E-state index in [2.05, 4.69) is 77.7 Å². The van der Waals surface area contributed by atoms with Gasteiger partial charge in [0.1, 0.15) is 0 Å². The molecule has 1 fully saturated rings. The van der Waals surface area contributed by atoms with Gasteiger partial charge in [-0.25, -0.2) is 0 Å². The third-order valence-corrected chi connectivity index (χ3v) is 4.84. The third-order valence-electron chi connectivity index (χ3n) is 4.34. The van der Waals surface area contributed by atoms with Crippen LogP contribution in [0, 0.1) is 0 Å². The third kappa shape index (κ3) is 4.28. The number of halogens is 1. The maximum absolute atomic E-state index is 6.30. The van der Waals surface area contributed by atoms with Crippen molar-refractivity contribution in [2.45, 2.75) is 45.3 Å². The molecule has 0 amide bonds. The van der Waals surface area contributed by atoms with Gasteiger partial charge < -0.3 is 5.73 Å². The number of rotatable bonds is 3. The van der Waals surface area contributed by atoms with Gasteiger partial charge in [-0.2, -0.15) is 0 Å². The maximum atomic E-state index is 6.30. The largest absolute Gasteiger partial charge is 0.326 e. The van der Waals surface area contributed by atoms with Crippen LogP contribution in [-0.4, -0.2) is 47.6 Å². The molecular formula is C17H28BrN3. The molecule has 21 heavy (non-hydrogen) atoms. The van der Waals surface area contributed by atoms with E-state index in [0.717, 1.165) is 30.7 Å². The smallest absolute Gasteiger partial charge is 0.0497 e. The fourth-order valence-electron chi connectivity index (χ4n) is 3.21. The second kappa shape index (κ2) is 6.78. The van der Waals surface area contributed by atoms with E-state index in [1.807, 2.05) is 0 Å². The zero-order chi connectivity index (χ0) is 15.6. The molecule has 4 heteroatoms. The Morgan fingerprint density at radius 3 is 2.24 bits per heavy atom. The summed E-state index contributed by atoms with van der Waals surface area (Å²) in [7, 11) is 0. The highest BCUT2D eigenvalue weighted by atomic mass is 79.9. The molecular weight excluding hydrogens is 326 g/mol. The molecule has 0 aliphatic carbocycles. The lowest BCUT2D eigenvalue weighted by atomic mass is 9.97. The molecule has 2 atom stereocenters. The molecule has 1 aliphatic rings. The SMILES string of the molecule is CC(N)C(c1cccc(Br)c1)N1CCN(C(C)(C)C)CC1. The van der Waals surface area contributed by atoms with Gasteiger partial charge in [-0.3, -0.25) is 9.80 Å². The van der Waals surface area contributed by atoms with Gasteiger partial charge in [0.2, 0.25) is 0 Å². The van der Waals surface area contributed by atoms with Gasteiger partial charge in [0.05, 0.1) is 0 Å². The van der Waals surface area contributed by atoms with Crippen molar-refractivity contribution in [3.8, 4) is 0 Å². The molecule has 2 N–H and O–H groups in total. The van der Waals surface area contributed by atoms with Gasteiger partial charge in [0.25, 0.3) is 0 Å². The number of nitrogens with zero attached hydrogens (tertiary/aromatic N) is 2. The molecule has 3 nitrogen and oxygen atoms in total. The fourth-order valence-corrected chi connectivity index (χ4v) is 3.63. The van der Waals surface area contributed by atoms with Gasteiger partial charge in [0.15, 0.2) is 0 Å². The second-order valence-electron chi connectivity index (χ2n) is 7.05. The quantitative estimate of drug-likeness (QED) is 0.904. The van der Waals surface area contributed by atoms with Crippen molar-refractivity contribution in [3.05, 3.63) is 34.3 Å². The minimum Gasteiger partial charge on any atom is -0.326 e. The zero-order valence-corrected chi connectivity index (χ0v) is 15.2. The summed E-state index contributed by atoms with van der Waals surface area (Å²) in [6, 6.07) is 8.98. The number of hydrogen-bond acceptors (Lipinski definition) is 3. The number of benzene rings is 1. The monoisotopic (exact) mass is 353 g/mol. The van der Waals surface area contributed by atoms with E-state index < -0.39 is 0 Å². The molecule has 2 rings (SSSR count). The van der Waals surface area contributed by atoms with Crippen molar-refractivity contribution in [1.29, 1.82) is 0 Å². The summed E-state index contributed by atoms with van der Waals surface area (Å²) in [5.74, 6) is 0. The van der Waals surface area contributed by atoms with Crippen LogP contribution in [-0.2, 0) is 0 Å². The van der Waals surface area contributed by atoms with Crippen LogP contribution in [0.2, 0.25) is 0 Å². The summed E-state index contributed by atoms with van der Waals surface area (Å²) in [4.78, 5) is 5.09. The average Bonchev–Trinajstić information content (AvgIpc) is 2.38. The average molecular weight is 354 g/mol. The maximum Gasteiger partial charge on any atom is 0.0497 e. The normalized spacial score (nSPS) is 21.2. The molecule has 118 valence electrons. The lowest BCUT2D eigenvalue weighted by Gasteiger charge is -2.45. The molecule has 2 unspecified atom stereocenters. The van der Waals surface area contributed by atoms with Crippen molar-refractivity contribution in [2.24, 2.45) is 5.73 Å². The van der Waals surface area contributed by atoms with Crippen molar-refractivity contribution < 1.29 is 0 Å². The van der Waals surface area contributed by atoms with Crippen molar-refractivity contribution >= 4 is 15.9 Å². The minimum atomic E-state index is 0.125. The zero-order valence-electron chi connectivity index (χ0n) is 13.6. The summed E-state index contributed by atoms with van der Waals surface area (Å²) in [6.07, 6.45) is 0. The van der Waals surface area contributed by atoms with Crippen LogP contribution in [0.4, 0.5) is 0 Å². The Bertz CT molecular complexity index is 459. The molecule has 0 spiro atoms. The van der Waals surface area contributed by atoms with Gasteiger partial charge in [-0.05, 0) is 45.4 Å². The number of hydrogen-bond donors (Lipinski definition) is 1. The fraction of sp³-hybridized carbons (Fsp3) is 0.647. The Labute approximate surface area is 137 Å². The van der Waals surface area contributed by atoms with E-state index >= 15 is 0 Å². The highest BCUT2D eigenvalue weighted by Crippen LogP contribution is 2.28. The Kier molecular flexibility index (Phi) is 5.47. The van der Waals surface area contributed by atoms with Crippen LogP contribution in [0.25, 0.3) is 0 Å². The first-order chi connectivity index (χ1) is 9.79. The molecule has 1 aliphatic heterocycles. The molecule has 0 bridgehead atoms. The van der Waals surface area contributed by atoms with Crippen molar-refractivity contribution in [1.82, 2.24) is 9.80 Å². The first kappa shape index (κ1) is 16.9. The first-order valence-electron chi connectivity index (χ1n) is 7.79. The summed E-state index contributed by atoms with van der Waals surface area (Å²) in [6.45, 7) is 13.4. The number of piperazine rings is 1. The van der Waals surface area contributed by atoms with Gasteiger partial charge in [-0.1, -0.05) is 28.1 Å². The van der Waals surface area contributed by atoms with E-state index in [1.165, 1.54) is 5.56 Å². The molecule has 1 aromatic carbocycles. The van der Waals surface area contributed by atoms with Crippen LogP contribution >= 0.6 is 15.9 Å². The van der Waals surface area contributed by atoms with Crippen LogP contribution < -0.4 is 5.73 Å². The molecule has 0 aromatic heterocycles. The van der Waals surface area contributed by atoms with E-state index in [4.69, 9.17) is 5.73 Å². The lowest BCUT2D eigenvalue weighted by molar-refractivity contribution is 0.0369. The van der Waals surface area contributed by atoms with Crippen LogP contribution in [0.1, 0.15) is 39.3 Å². The van der Waals surface area contributed by atoms with Gasteiger partial charge in [-0.15, -0.1) is 0 Å². The molecule has 1 saturated heterocycles. The summed E-state index contributed by atoms with van der Waals surface area (Å²) in [5, 5.41) is 0. The van der Waals surface area contributed by atoms with Crippen LogP contribution in [0.5, 0.6) is 0 Å². The Hall–Kier alpha value is -0.420. The van der Waals surface area contributed by atoms with E-state index in [1.54, 1.807) is 0 Å². The van der Waals surface area contributed by atoms with Crippen LogP contribution in [0.15, 0.2) is 28.7 Å². The summed E-state index contributed by atoms with van der Waals surface area (Å²) < 4.78 is 1.12. The van der Waals surface area contributed by atoms with E-state index in [-0.39, 0.29) is 11.6 Å². The predicted molar refractivity (Wildman–Crippen MR) is 93.4 cm³/mol. The highest BCUT2D eigenvalue weighted by Gasteiger charge is 2.31. The van der Waals surface area contributed by atoms with Crippen LogP contribution in [0.3, 0.4) is 0 Å². The topological polar surface area (TPSA) is 32.5 Å². The summed E-state index contributed by atoms with van der Waals surface area (Å²) in [5.41, 5.74) is 7.86. The minimum absolute atomic E-state index is 0.125. The van der Waals surface area contributed by atoms with Gasteiger partial charge in [0, 0.05) is 48.3 Å². The molecule has 1 heterocycles. The second-order valence-corrected chi connectivity index (χ2v) is 7.97. The lowest BCUT2D eigenvalue weighted by Crippen LogP contribution is -2.55. The predicted octanol–water partition coefficient (Wildman–Crippen LogP) is 3.25. The standard InChI is InChI=1S/C17H28BrN3/c1-13(19)16(14-6-5-7-15(18)12-14)20-8-10-21(11-9-20)17(2,3)4/h5-7,12-13,16H,8-11,19H2,1-4H3. The van der Waals surface area contributed by atoms with E-state index in [9.17, 15) is 0 Å². The Morgan fingerprint density at radius 1 is 1.14 bits per heavy atom. The van der Waals surface area contributed by atoms with Crippen molar-refractivity contribution in [2.75, 3.05) is 26.2 Å². The number of nitrogens with two attached hydrogens (primary N) is 1. The first-order valence-corrected chi connectivity index (χ1v) is 8.58. The van der Waals surface area contributed by atoms with Crippen molar-refractivity contribution in [3.63, 3.8) is 0 Å². The van der Waals surface area contributed by atoms with Gasteiger partial charge >= 0.3 is 0 Å². The Morgan fingerprint density at radius 2 is 1.76 bits per heavy atom. The van der Waals surface area contributed by atoms with E-state index in [0.29, 0.717) is 6.04 Å².